The SMILES string of the molecule is Cc1ccc(C(C)C)cc1OC(C)C(=O)NC1CCN(C(=O)OC(C)(C)C)CC1. The molecule has 1 unspecified atom stereocenters. The first-order valence-electron chi connectivity index (χ1n) is 10.5. The molecule has 1 atom stereocenters. The molecule has 1 aromatic rings. The summed E-state index contributed by atoms with van der Waals surface area (Å²) in [6, 6.07) is 6.18. The number of ether oxygens (including phenoxy) is 2. The second-order valence-corrected chi connectivity index (χ2v) is 9.19. The summed E-state index contributed by atoms with van der Waals surface area (Å²) in [5, 5.41) is 3.06. The maximum Gasteiger partial charge on any atom is 0.410 e. The van der Waals surface area contributed by atoms with Crippen LogP contribution in [0.25, 0.3) is 0 Å². The highest BCUT2D eigenvalue weighted by molar-refractivity contribution is 5.81. The lowest BCUT2D eigenvalue weighted by molar-refractivity contribution is -0.128. The normalized spacial score (nSPS) is 16.5. The van der Waals surface area contributed by atoms with Crippen molar-refractivity contribution in [3.8, 4) is 5.75 Å². The molecule has 0 saturated carbocycles. The summed E-state index contributed by atoms with van der Waals surface area (Å²) in [5.74, 6) is 1.02. The number of nitrogens with zero attached hydrogens (tertiary/aromatic N) is 1. The fourth-order valence-corrected chi connectivity index (χ4v) is 3.20. The Balaban J connectivity index is 1.85. The number of hydrogen-bond acceptors (Lipinski definition) is 4. The predicted octanol–water partition coefficient (Wildman–Crippen LogP) is 4.40. The quantitative estimate of drug-likeness (QED) is 0.790. The molecule has 6 heteroatoms. The number of piperidine rings is 1. The molecule has 0 spiro atoms. The molecule has 162 valence electrons. The summed E-state index contributed by atoms with van der Waals surface area (Å²) >= 11 is 0. The summed E-state index contributed by atoms with van der Waals surface area (Å²) in [6.07, 6.45) is 0.540. The summed E-state index contributed by atoms with van der Waals surface area (Å²) in [7, 11) is 0. The number of amides is 2. The van der Waals surface area contributed by atoms with Gasteiger partial charge in [-0.25, -0.2) is 4.79 Å². The molecule has 2 rings (SSSR count). The molecule has 1 saturated heterocycles. The van der Waals surface area contributed by atoms with E-state index in [0.717, 1.165) is 11.3 Å². The highest BCUT2D eigenvalue weighted by atomic mass is 16.6. The average Bonchev–Trinajstić information content (AvgIpc) is 2.62. The lowest BCUT2D eigenvalue weighted by Gasteiger charge is -2.34. The van der Waals surface area contributed by atoms with Gasteiger partial charge in [0.05, 0.1) is 0 Å². The van der Waals surface area contributed by atoms with Gasteiger partial charge in [-0.2, -0.15) is 0 Å². The Labute approximate surface area is 174 Å². The lowest BCUT2D eigenvalue weighted by atomic mass is 10.0. The Bertz CT molecular complexity index is 716. The van der Waals surface area contributed by atoms with Crippen LogP contribution in [-0.4, -0.2) is 47.7 Å². The number of likely N-dealkylation sites (tertiary alicyclic amines) is 1. The van der Waals surface area contributed by atoms with E-state index in [1.54, 1.807) is 11.8 Å². The predicted molar refractivity (Wildman–Crippen MR) is 114 cm³/mol. The maximum absolute atomic E-state index is 12.6. The molecule has 0 aliphatic carbocycles. The van der Waals surface area contributed by atoms with Crippen LogP contribution >= 0.6 is 0 Å². The first-order chi connectivity index (χ1) is 13.5. The highest BCUT2D eigenvalue weighted by Crippen LogP contribution is 2.25. The number of nitrogens with one attached hydrogen (secondary N) is 1. The van der Waals surface area contributed by atoms with Crippen molar-refractivity contribution in [2.45, 2.75) is 85.0 Å². The van der Waals surface area contributed by atoms with Gasteiger partial charge < -0.3 is 19.7 Å². The van der Waals surface area contributed by atoms with E-state index in [1.165, 1.54) is 5.56 Å². The zero-order chi connectivity index (χ0) is 21.8. The van der Waals surface area contributed by atoms with Crippen LogP contribution in [0.1, 0.15) is 71.4 Å². The second kappa shape index (κ2) is 9.51. The van der Waals surface area contributed by atoms with Crippen LogP contribution in [0.2, 0.25) is 0 Å². The summed E-state index contributed by atoms with van der Waals surface area (Å²) in [5.41, 5.74) is 1.70. The van der Waals surface area contributed by atoms with E-state index >= 15 is 0 Å². The van der Waals surface area contributed by atoms with Crippen molar-refractivity contribution in [1.29, 1.82) is 0 Å². The monoisotopic (exact) mass is 404 g/mol. The van der Waals surface area contributed by atoms with Crippen molar-refractivity contribution in [2.24, 2.45) is 0 Å². The van der Waals surface area contributed by atoms with Crippen LogP contribution in [0.5, 0.6) is 5.75 Å². The third-order valence-electron chi connectivity index (χ3n) is 5.04. The Kier molecular flexibility index (Phi) is 7.55. The van der Waals surface area contributed by atoms with Gasteiger partial charge in [0.15, 0.2) is 6.10 Å². The van der Waals surface area contributed by atoms with E-state index in [1.807, 2.05) is 39.8 Å². The first-order valence-corrected chi connectivity index (χ1v) is 10.5. The van der Waals surface area contributed by atoms with Gasteiger partial charge in [-0.1, -0.05) is 26.0 Å². The van der Waals surface area contributed by atoms with Crippen molar-refractivity contribution in [3.63, 3.8) is 0 Å². The molecule has 29 heavy (non-hydrogen) atoms. The van der Waals surface area contributed by atoms with E-state index < -0.39 is 11.7 Å². The smallest absolute Gasteiger partial charge is 0.410 e. The average molecular weight is 405 g/mol. The van der Waals surface area contributed by atoms with E-state index in [2.05, 4.69) is 25.2 Å². The van der Waals surface area contributed by atoms with E-state index in [4.69, 9.17) is 9.47 Å². The molecule has 6 nitrogen and oxygen atoms in total. The van der Waals surface area contributed by atoms with Crippen molar-refractivity contribution in [2.75, 3.05) is 13.1 Å². The summed E-state index contributed by atoms with van der Waals surface area (Å²) in [6.45, 7) is 14.7. The minimum Gasteiger partial charge on any atom is -0.481 e. The molecule has 1 aliphatic rings. The highest BCUT2D eigenvalue weighted by Gasteiger charge is 2.28. The number of aryl methyl sites for hydroxylation is 1. The first kappa shape index (κ1) is 23.0. The Hall–Kier alpha value is -2.24. The minimum absolute atomic E-state index is 0.0373. The van der Waals surface area contributed by atoms with Gasteiger partial charge in [0, 0.05) is 19.1 Å². The number of rotatable bonds is 5. The molecule has 1 aliphatic heterocycles. The van der Waals surface area contributed by atoms with Crippen LogP contribution in [0, 0.1) is 6.92 Å². The molecule has 1 heterocycles. The fourth-order valence-electron chi connectivity index (χ4n) is 3.20. The largest absolute Gasteiger partial charge is 0.481 e. The summed E-state index contributed by atoms with van der Waals surface area (Å²) in [4.78, 5) is 26.5. The molecule has 2 amide bonds. The van der Waals surface area contributed by atoms with Crippen LogP contribution in [0.3, 0.4) is 0 Å². The third-order valence-corrected chi connectivity index (χ3v) is 5.04. The van der Waals surface area contributed by atoms with E-state index in [-0.39, 0.29) is 18.0 Å². The second-order valence-electron chi connectivity index (χ2n) is 9.19. The molecule has 1 aromatic carbocycles. The zero-order valence-electron chi connectivity index (χ0n) is 18.9. The van der Waals surface area contributed by atoms with E-state index in [9.17, 15) is 9.59 Å². The van der Waals surface area contributed by atoms with Crippen molar-refractivity contribution in [1.82, 2.24) is 10.2 Å². The molecular formula is C23H36N2O4. The molecule has 1 N–H and O–H groups in total. The van der Waals surface area contributed by atoms with Gasteiger partial charge in [0.25, 0.3) is 5.91 Å². The van der Waals surface area contributed by atoms with Crippen LogP contribution in [0.15, 0.2) is 18.2 Å². The number of benzene rings is 1. The van der Waals surface area contributed by atoms with Gasteiger partial charge in [0.1, 0.15) is 11.4 Å². The van der Waals surface area contributed by atoms with Crippen LogP contribution < -0.4 is 10.1 Å². The maximum atomic E-state index is 12.6. The van der Waals surface area contributed by atoms with Gasteiger partial charge in [-0.15, -0.1) is 0 Å². The topological polar surface area (TPSA) is 67.9 Å². The van der Waals surface area contributed by atoms with Gasteiger partial charge in [0.2, 0.25) is 0 Å². The number of carbonyl (C=O) groups excluding carboxylic acids is 2. The molecule has 0 radical (unpaired) electrons. The molecule has 0 bridgehead atoms. The van der Waals surface area contributed by atoms with Gasteiger partial charge in [-0.3, -0.25) is 4.79 Å². The van der Waals surface area contributed by atoms with Crippen molar-refractivity contribution < 1.29 is 19.1 Å². The lowest BCUT2D eigenvalue weighted by Crippen LogP contribution is -2.50. The Morgan fingerprint density at radius 1 is 1.14 bits per heavy atom. The standard InChI is InChI=1S/C23H36N2O4/c1-15(2)18-9-8-16(3)20(14-18)28-17(4)21(26)24-19-10-12-25(13-11-19)22(27)29-23(5,6)7/h8-9,14-15,17,19H,10-13H2,1-7H3,(H,24,26). The summed E-state index contributed by atoms with van der Waals surface area (Å²) < 4.78 is 11.4. The Morgan fingerprint density at radius 3 is 2.31 bits per heavy atom. The molecular weight excluding hydrogens is 368 g/mol. The van der Waals surface area contributed by atoms with Gasteiger partial charge in [-0.05, 0) is 70.6 Å². The van der Waals surface area contributed by atoms with Crippen molar-refractivity contribution in [3.05, 3.63) is 29.3 Å². The minimum atomic E-state index is -0.583. The van der Waals surface area contributed by atoms with Crippen LogP contribution in [-0.2, 0) is 9.53 Å². The number of carbonyl (C=O) groups is 2. The molecule has 0 aromatic heterocycles. The third kappa shape index (κ3) is 6.94. The Morgan fingerprint density at radius 2 is 1.76 bits per heavy atom. The van der Waals surface area contributed by atoms with Crippen molar-refractivity contribution >= 4 is 12.0 Å². The van der Waals surface area contributed by atoms with E-state index in [0.29, 0.717) is 31.8 Å². The van der Waals surface area contributed by atoms with Crippen LogP contribution in [0.4, 0.5) is 4.79 Å². The molecule has 1 fully saturated rings. The number of hydrogen-bond donors (Lipinski definition) is 1. The van der Waals surface area contributed by atoms with Gasteiger partial charge >= 0.3 is 6.09 Å². The zero-order valence-corrected chi connectivity index (χ0v) is 18.9. The fraction of sp³-hybridized carbons (Fsp3) is 0.652.